The van der Waals surface area contributed by atoms with Gasteiger partial charge in [0, 0.05) is 5.92 Å². The number of rotatable bonds is 3. The van der Waals surface area contributed by atoms with Crippen LogP contribution in [0, 0.1) is 26.7 Å². The minimum absolute atomic E-state index is 0.153. The van der Waals surface area contributed by atoms with Crippen molar-refractivity contribution in [1.82, 2.24) is 0 Å². The van der Waals surface area contributed by atoms with E-state index >= 15 is 0 Å². The monoisotopic (exact) mass is 298 g/mol. The van der Waals surface area contributed by atoms with E-state index in [9.17, 15) is 0 Å². The topological polar surface area (TPSA) is 0 Å². The zero-order valence-electron chi connectivity index (χ0n) is 15.0. The van der Waals surface area contributed by atoms with Gasteiger partial charge in [0.1, 0.15) is 0 Å². The minimum Gasteiger partial charge on any atom is -0.0775 e. The van der Waals surface area contributed by atoms with E-state index in [1.165, 1.54) is 22.3 Å². The second-order valence-electron chi connectivity index (χ2n) is 8.16. The molecule has 0 amide bonds. The Balaban J connectivity index is 2.43. The molecule has 0 radical (unpaired) electrons. The molecule has 1 heteroatoms. The Morgan fingerprint density at radius 3 is 2.10 bits per heavy atom. The number of benzene rings is 1. The molecule has 0 bridgehead atoms. The third kappa shape index (κ3) is 2.94. The molecule has 0 saturated carbocycles. The van der Waals surface area contributed by atoms with Gasteiger partial charge in [0.05, 0.1) is 8.07 Å². The molecule has 0 N–H and O–H groups in total. The van der Waals surface area contributed by atoms with E-state index in [2.05, 4.69) is 84.6 Å². The molecule has 0 nitrogen and oxygen atoms in total. The highest BCUT2D eigenvalue weighted by atomic mass is 28.3. The summed E-state index contributed by atoms with van der Waals surface area (Å²) >= 11 is 0. The van der Waals surface area contributed by atoms with Gasteiger partial charge in [0.15, 0.2) is 0 Å². The predicted octanol–water partition coefficient (Wildman–Crippen LogP) is 5.88. The van der Waals surface area contributed by atoms with Crippen LogP contribution >= 0.6 is 0 Å². The molecule has 1 aliphatic carbocycles. The molecular formula is C20H30Si. The van der Waals surface area contributed by atoms with Crippen LogP contribution in [0.3, 0.4) is 0 Å². The Morgan fingerprint density at radius 2 is 1.57 bits per heavy atom. The van der Waals surface area contributed by atoms with Gasteiger partial charge < -0.3 is 0 Å². The van der Waals surface area contributed by atoms with E-state index in [0.29, 0.717) is 5.92 Å². The zero-order valence-corrected chi connectivity index (χ0v) is 16.0. The van der Waals surface area contributed by atoms with Crippen LogP contribution in [0.15, 0.2) is 35.6 Å². The van der Waals surface area contributed by atoms with Crippen LogP contribution in [0.4, 0.5) is 0 Å². The Bertz CT molecular complexity index is 609. The Labute approximate surface area is 132 Å². The van der Waals surface area contributed by atoms with Gasteiger partial charge >= 0.3 is 0 Å². The molecule has 1 unspecified atom stereocenters. The van der Waals surface area contributed by atoms with Crippen LogP contribution in [0.25, 0.3) is 0 Å². The highest BCUT2D eigenvalue weighted by molar-refractivity contribution is 6.83. The predicted molar refractivity (Wildman–Crippen MR) is 97.7 cm³/mol. The van der Waals surface area contributed by atoms with Crippen molar-refractivity contribution in [3.05, 3.63) is 57.8 Å². The van der Waals surface area contributed by atoms with Gasteiger partial charge in [-0.3, -0.25) is 0 Å². The number of allylic oxidation sites excluding steroid dienone is 4. The highest BCUT2D eigenvalue weighted by Crippen LogP contribution is 2.40. The van der Waals surface area contributed by atoms with Gasteiger partial charge in [-0.25, -0.2) is 0 Å². The lowest BCUT2D eigenvalue weighted by Crippen LogP contribution is -2.28. The van der Waals surface area contributed by atoms with E-state index in [0.717, 1.165) is 0 Å². The van der Waals surface area contributed by atoms with Crippen LogP contribution in [0.2, 0.25) is 19.6 Å². The molecule has 0 saturated heterocycles. The smallest absolute Gasteiger partial charge is 0.0771 e. The van der Waals surface area contributed by atoms with Gasteiger partial charge in [-0.05, 0) is 48.4 Å². The van der Waals surface area contributed by atoms with E-state index in [1.807, 2.05) is 0 Å². The molecule has 0 spiro atoms. The largest absolute Gasteiger partial charge is 0.0775 e. The van der Waals surface area contributed by atoms with Gasteiger partial charge in [-0.2, -0.15) is 0 Å². The van der Waals surface area contributed by atoms with Crippen LogP contribution in [0.5, 0.6) is 0 Å². The summed E-state index contributed by atoms with van der Waals surface area (Å²) in [4.78, 5) is 0. The summed E-state index contributed by atoms with van der Waals surface area (Å²) in [7, 11) is -1.20. The van der Waals surface area contributed by atoms with Crippen molar-refractivity contribution in [2.45, 2.75) is 59.7 Å². The van der Waals surface area contributed by atoms with Crippen molar-refractivity contribution in [2.24, 2.45) is 5.92 Å². The summed E-state index contributed by atoms with van der Waals surface area (Å²) in [5.41, 5.74) is 5.95. The summed E-state index contributed by atoms with van der Waals surface area (Å²) in [6.07, 6.45) is 7.33. The fourth-order valence-corrected chi connectivity index (χ4v) is 4.57. The summed E-state index contributed by atoms with van der Waals surface area (Å²) in [5.74, 6) is 0.514. The lowest BCUT2D eigenvalue weighted by atomic mass is 9.71. The molecule has 0 aliphatic heterocycles. The standard InChI is InChI=1S/C20H30Si/c1-14-9-12-19(16(3)15(14)2)20(4,5)17-10-11-18(13-17)21(6,7)8/h9-13,17H,1-8H3. The first-order valence-electron chi connectivity index (χ1n) is 8.03. The molecule has 0 fully saturated rings. The summed E-state index contributed by atoms with van der Waals surface area (Å²) in [6.45, 7) is 18.8. The third-order valence-corrected chi connectivity index (χ3v) is 7.36. The first kappa shape index (κ1) is 16.3. The van der Waals surface area contributed by atoms with Gasteiger partial charge in [0.2, 0.25) is 0 Å². The summed E-state index contributed by atoms with van der Waals surface area (Å²) in [5, 5.41) is 1.60. The maximum absolute atomic E-state index is 2.53. The van der Waals surface area contributed by atoms with Gasteiger partial charge in [-0.1, -0.05) is 69.0 Å². The van der Waals surface area contributed by atoms with Crippen LogP contribution in [-0.2, 0) is 5.41 Å². The molecule has 1 aliphatic rings. The summed E-state index contributed by atoms with van der Waals surface area (Å²) in [6, 6.07) is 4.62. The van der Waals surface area contributed by atoms with Gasteiger partial charge in [0.25, 0.3) is 0 Å². The van der Waals surface area contributed by atoms with Crippen molar-refractivity contribution < 1.29 is 0 Å². The fraction of sp³-hybridized carbons (Fsp3) is 0.500. The molecular weight excluding hydrogens is 268 g/mol. The highest BCUT2D eigenvalue weighted by Gasteiger charge is 2.33. The first-order chi connectivity index (χ1) is 9.55. The maximum Gasteiger partial charge on any atom is 0.0771 e. The second kappa shape index (κ2) is 5.28. The number of hydrogen-bond donors (Lipinski definition) is 0. The van der Waals surface area contributed by atoms with Crippen molar-refractivity contribution in [2.75, 3.05) is 0 Å². The normalized spacial score (nSPS) is 19.0. The minimum atomic E-state index is -1.20. The van der Waals surface area contributed by atoms with Crippen molar-refractivity contribution in [3.63, 3.8) is 0 Å². The Hall–Kier alpha value is -1.08. The van der Waals surface area contributed by atoms with E-state index in [-0.39, 0.29) is 5.41 Å². The van der Waals surface area contributed by atoms with Crippen LogP contribution in [-0.4, -0.2) is 8.07 Å². The van der Waals surface area contributed by atoms with Gasteiger partial charge in [-0.15, -0.1) is 0 Å². The molecule has 1 atom stereocenters. The fourth-order valence-electron chi connectivity index (χ4n) is 3.29. The van der Waals surface area contributed by atoms with Crippen LogP contribution < -0.4 is 0 Å². The molecule has 1 aromatic carbocycles. The summed E-state index contributed by atoms with van der Waals surface area (Å²) < 4.78 is 0. The molecule has 21 heavy (non-hydrogen) atoms. The lowest BCUT2D eigenvalue weighted by Gasteiger charge is -2.33. The van der Waals surface area contributed by atoms with Crippen LogP contribution in [0.1, 0.15) is 36.1 Å². The van der Waals surface area contributed by atoms with E-state index in [4.69, 9.17) is 0 Å². The zero-order chi connectivity index (χ0) is 16.0. The molecule has 1 aromatic rings. The SMILES string of the molecule is Cc1ccc(C(C)(C)C2C=CC([Si](C)(C)C)=C2)c(C)c1C. The molecule has 0 aromatic heterocycles. The Kier molecular flexibility index (Phi) is 4.09. The lowest BCUT2D eigenvalue weighted by molar-refractivity contribution is 0.445. The second-order valence-corrected chi connectivity index (χ2v) is 13.2. The average molecular weight is 299 g/mol. The average Bonchev–Trinajstić information content (AvgIpc) is 2.85. The van der Waals surface area contributed by atoms with Crippen molar-refractivity contribution in [3.8, 4) is 0 Å². The molecule has 0 heterocycles. The Morgan fingerprint density at radius 1 is 0.952 bits per heavy atom. The number of aryl methyl sites for hydroxylation is 1. The first-order valence-corrected chi connectivity index (χ1v) is 11.5. The van der Waals surface area contributed by atoms with E-state index in [1.54, 1.807) is 5.20 Å². The van der Waals surface area contributed by atoms with Crippen molar-refractivity contribution in [1.29, 1.82) is 0 Å². The third-order valence-electron chi connectivity index (χ3n) is 5.29. The molecule has 114 valence electrons. The molecule has 2 rings (SSSR count). The van der Waals surface area contributed by atoms with E-state index < -0.39 is 8.07 Å². The van der Waals surface area contributed by atoms with Crippen molar-refractivity contribution >= 4 is 8.07 Å². The quantitative estimate of drug-likeness (QED) is 0.611. The maximum atomic E-state index is 2.53. The number of hydrogen-bond acceptors (Lipinski definition) is 0.